The number of amides is 2. The molecule has 2 amide bonds. The van der Waals surface area contributed by atoms with Crippen molar-refractivity contribution in [1.29, 1.82) is 0 Å². The van der Waals surface area contributed by atoms with Gasteiger partial charge < -0.3 is 15.4 Å². The number of ether oxygens (including phenoxy) is 1. The second kappa shape index (κ2) is 9.44. The summed E-state index contributed by atoms with van der Waals surface area (Å²) >= 11 is 0. The number of rotatable bonds is 6. The SMILES string of the molecule is COc1ccc(F)cc1S(=O)(=O)N1CCC(C(=O)Nc2cccc(NC(C)=O)c2)CC1. The highest BCUT2D eigenvalue weighted by atomic mass is 32.2. The second-order valence-corrected chi connectivity index (χ2v) is 9.13. The maximum absolute atomic E-state index is 13.6. The van der Waals surface area contributed by atoms with E-state index in [9.17, 15) is 22.4 Å². The number of carbonyl (C=O) groups is 2. The number of hydrogen-bond donors (Lipinski definition) is 2. The molecule has 0 bridgehead atoms. The Labute approximate surface area is 180 Å². The number of nitrogens with zero attached hydrogens (tertiary/aromatic N) is 1. The van der Waals surface area contributed by atoms with Gasteiger partial charge in [0, 0.05) is 37.3 Å². The molecule has 2 aromatic carbocycles. The summed E-state index contributed by atoms with van der Waals surface area (Å²) in [6.07, 6.45) is 0.655. The molecule has 0 unspecified atom stereocenters. The lowest BCUT2D eigenvalue weighted by molar-refractivity contribution is -0.121. The summed E-state index contributed by atoms with van der Waals surface area (Å²) in [6, 6.07) is 10.1. The van der Waals surface area contributed by atoms with Gasteiger partial charge in [0.05, 0.1) is 7.11 Å². The zero-order valence-electron chi connectivity index (χ0n) is 17.2. The van der Waals surface area contributed by atoms with E-state index < -0.39 is 15.8 Å². The molecule has 0 radical (unpaired) electrons. The fourth-order valence-electron chi connectivity index (χ4n) is 3.47. The van der Waals surface area contributed by atoms with E-state index in [0.29, 0.717) is 24.2 Å². The maximum atomic E-state index is 13.6. The molecule has 10 heteroatoms. The molecule has 2 aromatic rings. The quantitative estimate of drug-likeness (QED) is 0.706. The number of anilines is 2. The average molecular weight is 450 g/mol. The average Bonchev–Trinajstić information content (AvgIpc) is 2.73. The molecule has 8 nitrogen and oxygen atoms in total. The minimum absolute atomic E-state index is 0.0697. The molecule has 1 fully saturated rings. The minimum Gasteiger partial charge on any atom is -0.495 e. The first-order chi connectivity index (χ1) is 14.7. The molecule has 0 saturated carbocycles. The number of sulfonamides is 1. The Morgan fingerprint density at radius 2 is 1.71 bits per heavy atom. The third-order valence-corrected chi connectivity index (χ3v) is 6.94. The fraction of sp³-hybridized carbons (Fsp3) is 0.333. The first-order valence-corrected chi connectivity index (χ1v) is 11.2. The molecule has 0 aromatic heterocycles. The van der Waals surface area contributed by atoms with Gasteiger partial charge in [-0.15, -0.1) is 0 Å². The van der Waals surface area contributed by atoms with Gasteiger partial charge in [0.15, 0.2) is 0 Å². The van der Waals surface area contributed by atoms with Crippen LogP contribution in [0.1, 0.15) is 19.8 Å². The summed E-state index contributed by atoms with van der Waals surface area (Å²) in [5, 5.41) is 5.46. The van der Waals surface area contributed by atoms with E-state index in [-0.39, 0.29) is 41.5 Å². The highest BCUT2D eigenvalue weighted by Gasteiger charge is 2.34. The van der Waals surface area contributed by atoms with E-state index in [2.05, 4.69) is 10.6 Å². The summed E-state index contributed by atoms with van der Waals surface area (Å²) in [5.74, 6) is -1.41. The lowest BCUT2D eigenvalue weighted by Crippen LogP contribution is -2.41. The monoisotopic (exact) mass is 449 g/mol. The van der Waals surface area contributed by atoms with Crippen LogP contribution in [0.5, 0.6) is 5.75 Å². The molecule has 1 aliphatic rings. The van der Waals surface area contributed by atoms with Crippen molar-refractivity contribution in [2.24, 2.45) is 5.92 Å². The topological polar surface area (TPSA) is 105 Å². The zero-order valence-corrected chi connectivity index (χ0v) is 18.0. The molecular weight excluding hydrogens is 425 g/mol. The van der Waals surface area contributed by atoms with Crippen LogP contribution in [0.2, 0.25) is 0 Å². The zero-order chi connectivity index (χ0) is 22.6. The number of carbonyl (C=O) groups excluding carboxylic acids is 2. The Balaban J connectivity index is 1.65. The van der Waals surface area contributed by atoms with E-state index in [1.807, 2.05) is 0 Å². The smallest absolute Gasteiger partial charge is 0.246 e. The van der Waals surface area contributed by atoms with E-state index >= 15 is 0 Å². The molecule has 31 heavy (non-hydrogen) atoms. The minimum atomic E-state index is -3.96. The summed E-state index contributed by atoms with van der Waals surface area (Å²) in [6.45, 7) is 1.66. The van der Waals surface area contributed by atoms with Crippen molar-refractivity contribution < 1.29 is 27.1 Å². The predicted octanol–water partition coefficient (Wildman–Crippen LogP) is 2.83. The van der Waals surface area contributed by atoms with Crippen LogP contribution in [0.4, 0.5) is 15.8 Å². The Bertz CT molecular complexity index is 1080. The highest BCUT2D eigenvalue weighted by molar-refractivity contribution is 7.89. The number of hydrogen-bond acceptors (Lipinski definition) is 5. The van der Waals surface area contributed by atoms with Gasteiger partial charge in [-0.3, -0.25) is 9.59 Å². The Kier molecular flexibility index (Phi) is 6.91. The van der Waals surface area contributed by atoms with Crippen molar-refractivity contribution in [2.45, 2.75) is 24.7 Å². The van der Waals surface area contributed by atoms with E-state index in [1.165, 1.54) is 24.4 Å². The third-order valence-electron chi connectivity index (χ3n) is 5.02. The number of benzene rings is 2. The van der Waals surface area contributed by atoms with Crippen LogP contribution in [0.15, 0.2) is 47.4 Å². The first kappa shape index (κ1) is 22.7. The van der Waals surface area contributed by atoms with Crippen LogP contribution >= 0.6 is 0 Å². The number of halogens is 1. The van der Waals surface area contributed by atoms with Crippen LogP contribution in [-0.2, 0) is 19.6 Å². The normalized spacial score (nSPS) is 15.3. The molecular formula is C21H24FN3O5S. The fourth-order valence-corrected chi connectivity index (χ4v) is 5.11. The molecule has 166 valence electrons. The molecule has 0 aliphatic carbocycles. The van der Waals surface area contributed by atoms with Gasteiger partial charge in [-0.05, 0) is 49.2 Å². The van der Waals surface area contributed by atoms with Crippen LogP contribution in [0.3, 0.4) is 0 Å². The summed E-state index contributed by atoms with van der Waals surface area (Å²) in [5.41, 5.74) is 1.10. The number of piperidine rings is 1. The van der Waals surface area contributed by atoms with Crippen molar-refractivity contribution in [3.8, 4) is 5.75 Å². The molecule has 0 spiro atoms. The van der Waals surface area contributed by atoms with Gasteiger partial charge in [-0.1, -0.05) is 6.07 Å². The summed E-state index contributed by atoms with van der Waals surface area (Å²) in [7, 11) is -2.63. The van der Waals surface area contributed by atoms with Gasteiger partial charge >= 0.3 is 0 Å². The van der Waals surface area contributed by atoms with Gasteiger partial charge in [0.1, 0.15) is 16.5 Å². The highest BCUT2D eigenvalue weighted by Crippen LogP contribution is 2.30. The molecule has 0 atom stereocenters. The van der Waals surface area contributed by atoms with E-state index in [1.54, 1.807) is 24.3 Å². The van der Waals surface area contributed by atoms with Crippen LogP contribution < -0.4 is 15.4 Å². The van der Waals surface area contributed by atoms with Crippen molar-refractivity contribution in [3.05, 3.63) is 48.3 Å². The molecule has 1 heterocycles. The van der Waals surface area contributed by atoms with Crippen molar-refractivity contribution in [3.63, 3.8) is 0 Å². The van der Waals surface area contributed by atoms with E-state index in [0.717, 1.165) is 12.1 Å². The second-order valence-electron chi connectivity index (χ2n) is 7.22. The summed E-state index contributed by atoms with van der Waals surface area (Å²) in [4.78, 5) is 23.6. The van der Waals surface area contributed by atoms with Crippen molar-refractivity contribution in [2.75, 3.05) is 30.8 Å². The van der Waals surface area contributed by atoms with Crippen LogP contribution in [0.25, 0.3) is 0 Å². The predicted molar refractivity (Wildman–Crippen MR) is 114 cm³/mol. The molecule has 2 N–H and O–H groups in total. The largest absolute Gasteiger partial charge is 0.495 e. The maximum Gasteiger partial charge on any atom is 0.246 e. The standard InChI is InChI=1S/C21H24FN3O5S/c1-14(26)23-17-4-3-5-18(13-17)24-21(27)15-8-10-25(11-9-15)31(28,29)20-12-16(22)6-7-19(20)30-2/h3-7,12-13,15H,8-11H2,1-2H3,(H,23,26)(H,24,27). The molecule has 1 saturated heterocycles. The van der Waals surface area contributed by atoms with Crippen molar-refractivity contribution in [1.82, 2.24) is 4.31 Å². The van der Waals surface area contributed by atoms with Crippen molar-refractivity contribution >= 4 is 33.2 Å². The third kappa shape index (κ3) is 5.39. The van der Waals surface area contributed by atoms with Crippen LogP contribution in [-0.4, -0.2) is 44.7 Å². The van der Waals surface area contributed by atoms with E-state index in [4.69, 9.17) is 4.74 Å². The summed E-state index contributed by atoms with van der Waals surface area (Å²) < 4.78 is 45.9. The van der Waals surface area contributed by atoms with Gasteiger partial charge in [0.25, 0.3) is 0 Å². The first-order valence-electron chi connectivity index (χ1n) is 9.73. The Morgan fingerprint density at radius 1 is 1.06 bits per heavy atom. The Morgan fingerprint density at radius 3 is 2.32 bits per heavy atom. The lowest BCUT2D eigenvalue weighted by Gasteiger charge is -2.31. The van der Waals surface area contributed by atoms with Crippen LogP contribution in [0, 0.1) is 11.7 Å². The van der Waals surface area contributed by atoms with Gasteiger partial charge in [-0.2, -0.15) is 4.31 Å². The van der Waals surface area contributed by atoms with Gasteiger partial charge in [-0.25, -0.2) is 12.8 Å². The molecule has 1 aliphatic heterocycles. The van der Waals surface area contributed by atoms with Gasteiger partial charge in [0.2, 0.25) is 21.8 Å². The Hall–Kier alpha value is -2.98. The lowest BCUT2D eigenvalue weighted by atomic mass is 9.97. The molecule has 3 rings (SSSR count). The number of methoxy groups -OCH3 is 1. The number of nitrogens with one attached hydrogen (secondary N) is 2.